The number of hydrogen-bond acceptors (Lipinski definition) is 2. The Morgan fingerprint density at radius 1 is 0.974 bits per heavy atom. The molecule has 0 aromatic heterocycles. The lowest BCUT2D eigenvalue weighted by molar-refractivity contribution is -0.0329. The van der Waals surface area contributed by atoms with Gasteiger partial charge in [0, 0.05) is 11.3 Å². The van der Waals surface area contributed by atoms with Gasteiger partial charge >= 0.3 is 5.97 Å². The number of hydrogen-bond donors (Lipinski definition) is 2. The SMILES string of the molecule is O=C(O)c1ccc2c(c1)CC[C@@H]1C[C@@](O)(C3C=CC=CC3)/C(=C/c3ccccc3)C[C@@]21Cc1ccccc1. The summed E-state index contributed by atoms with van der Waals surface area (Å²) in [5, 5.41) is 22.3. The maximum absolute atomic E-state index is 12.6. The van der Waals surface area contributed by atoms with Crippen molar-refractivity contribution >= 4 is 12.0 Å². The Balaban J connectivity index is 1.53. The summed E-state index contributed by atoms with van der Waals surface area (Å²) in [6.45, 7) is 0. The predicted molar refractivity (Wildman–Crippen MR) is 152 cm³/mol. The van der Waals surface area contributed by atoms with Crippen LogP contribution in [0.15, 0.2) is 109 Å². The molecule has 1 fully saturated rings. The van der Waals surface area contributed by atoms with Crippen molar-refractivity contribution in [3.05, 3.63) is 137 Å². The number of carboxylic acids is 1. The normalized spacial score (nSPS) is 29.0. The minimum absolute atomic E-state index is 0.0352. The van der Waals surface area contributed by atoms with Crippen LogP contribution in [0.25, 0.3) is 6.08 Å². The molecule has 0 saturated heterocycles. The summed E-state index contributed by atoms with van der Waals surface area (Å²) in [5.74, 6) is -0.567. The van der Waals surface area contributed by atoms with Gasteiger partial charge in [0.05, 0.1) is 11.2 Å². The van der Waals surface area contributed by atoms with Crippen molar-refractivity contribution in [3.8, 4) is 0 Å². The van der Waals surface area contributed by atoms with Gasteiger partial charge in [-0.2, -0.15) is 0 Å². The number of carbonyl (C=O) groups is 1. The molecule has 192 valence electrons. The molecular formula is C35H34O3. The molecule has 3 aliphatic rings. The van der Waals surface area contributed by atoms with Gasteiger partial charge in [-0.3, -0.25) is 0 Å². The van der Waals surface area contributed by atoms with Crippen LogP contribution in [-0.4, -0.2) is 21.8 Å². The van der Waals surface area contributed by atoms with E-state index in [0.717, 1.165) is 48.8 Å². The van der Waals surface area contributed by atoms with E-state index >= 15 is 0 Å². The summed E-state index contributed by atoms with van der Waals surface area (Å²) in [6.07, 6.45) is 15.6. The third-order valence-corrected chi connectivity index (χ3v) is 9.15. The van der Waals surface area contributed by atoms with Crippen molar-refractivity contribution in [2.24, 2.45) is 11.8 Å². The average Bonchev–Trinajstić information content (AvgIpc) is 2.95. The number of aryl methyl sites for hydroxylation is 1. The van der Waals surface area contributed by atoms with Gasteiger partial charge in [-0.1, -0.05) is 97.1 Å². The maximum atomic E-state index is 12.6. The highest BCUT2D eigenvalue weighted by Gasteiger charge is 2.55. The molecule has 4 atom stereocenters. The van der Waals surface area contributed by atoms with Crippen LogP contribution in [0.2, 0.25) is 0 Å². The average molecular weight is 503 g/mol. The molecular weight excluding hydrogens is 468 g/mol. The molecule has 3 nitrogen and oxygen atoms in total. The Labute approximate surface area is 224 Å². The van der Waals surface area contributed by atoms with Crippen LogP contribution >= 0.6 is 0 Å². The largest absolute Gasteiger partial charge is 0.478 e. The smallest absolute Gasteiger partial charge is 0.335 e. The fraction of sp³-hybridized carbons (Fsp3) is 0.286. The van der Waals surface area contributed by atoms with Gasteiger partial charge in [0.25, 0.3) is 0 Å². The van der Waals surface area contributed by atoms with Gasteiger partial charge in [0.15, 0.2) is 0 Å². The Morgan fingerprint density at radius 3 is 2.45 bits per heavy atom. The summed E-state index contributed by atoms with van der Waals surface area (Å²) >= 11 is 0. The Hall–Kier alpha value is -3.69. The second-order valence-electron chi connectivity index (χ2n) is 11.3. The Kier molecular flexibility index (Phi) is 6.41. The minimum atomic E-state index is -0.930. The molecule has 0 aliphatic heterocycles. The second kappa shape index (κ2) is 9.89. The zero-order valence-electron chi connectivity index (χ0n) is 21.6. The van der Waals surface area contributed by atoms with Crippen LogP contribution in [0.1, 0.15) is 58.3 Å². The summed E-state index contributed by atoms with van der Waals surface area (Å²) in [6, 6.07) is 26.7. The molecule has 0 amide bonds. The third-order valence-electron chi connectivity index (χ3n) is 9.15. The molecule has 0 radical (unpaired) electrons. The van der Waals surface area contributed by atoms with Crippen LogP contribution in [0.5, 0.6) is 0 Å². The van der Waals surface area contributed by atoms with E-state index in [1.807, 2.05) is 24.3 Å². The van der Waals surface area contributed by atoms with Crippen molar-refractivity contribution < 1.29 is 15.0 Å². The van der Waals surface area contributed by atoms with Gasteiger partial charge in [-0.25, -0.2) is 4.79 Å². The zero-order valence-corrected chi connectivity index (χ0v) is 21.6. The van der Waals surface area contributed by atoms with Gasteiger partial charge in [-0.15, -0.1) is 0 Å². The zero-order chi connectivity index (χ0) is 26.2. The lowest BCUT2D eigenvalue weighted by Gasteiger charge is -2.56. The first kappa shape index (κ1) is 24.6. The number of fused-ring (bicyclic) bond motifs is 3. The Morgan fingerprint density at radius 2 is 1.74 bits per heavy atom. The van der Waals surface area contributed by atoms with E-state index in [9.17, 15) is 15.0 Å². The van der Waals surface area contributed by atoms with Crippen molar-refractivity contribution in [3.63, 3.8) is 0 Å². The number of aliphatic hydroxyl groups is 1. The lowest BCUT2D eigenvalue weighted by Crippen LogP contribution is -2.55. The number of allylic oxidation sites excluding steroid dienone is 3. The van der Waals surface area contributed by atoms with Crippen molar-refractivity contribution in [2.75, 3.05) is 0 Å². The van der Waals surface area contributed by atoms with E-state index in [1.54, 1.807) is 6.07 Å². The molecule has 2 N–H and O–H groups in total. The molecule has 3 aromatic carbocycles. The topological polar surface area (TPSA) is 57.5 Å². The molecule has 3 aliphatic carbocycles. The van der Waals surface area contributed by atoms with Crippen molar-refractivity contribution in [1.29, 1.82) is 0 Å². The van der Waals surface area contributed by atoms with Gasteiger partial charge in [0.2, 0.25) is 0 Å². The monoisotopic (exact) mass is 502 g/mol. The van der Waals surface area contributed by atoms with Gasteiger partial charge in [0.1, 0.15) is 0 Å². The van der Waals surface area contributed by atoms with Crippen LogP contribution < -0.4 is 0 Å². The summed E-state index contributed by atoms with van der Waals surface area (Å²) in [5.41, 5.74) is 5.05. The summed E-state index contributed by atoms with van der Waals surface area (Å²) < 4.78 is 0. The van der Waals surface area contributed by atoms with E-state index in [2.05, 4.69) is 78.9 Å². The quantitative estimate of drug-likeness (QED) is 0.389. The maximum Gasteiger partial charge on any atom is 0.335 e. The predicted octanol–water partition coefficient (Wildman–Crippen LogP) is 7.17. The van der Waals surface area contributed by atoms with Crippen LogP contribution in [0, 0.1) is 11.8 Å². The van der Waals surface area contributed by atoms with E-state index in [0.29, 0.717) is 12.0 Å². The fourth-order valence-electron chi connectivity index (χ4n) is 7.29. The number of rotatable bonds is 5. The van der Waals surface area contributed by atoms with Crippen molar-refractivity contribution in [1.82, 2.24) is 0 Å². The molecule has 1 unspecified atom stereocenters. The summed E-state index contributed by atoms with van der Waals surface area (Å²) in [7, 11) is 0. The van der Waals surface area contributed by atoms with Crippen LogP contribution in [-0.2, 0) is 18.3 Å². The molecule has 0 bridgehead atoms. The number of carboxylic acid groups (broad SMARTS) is 1. The first-order valence-corrected chi connectivity index (χ1v) is 13.7. The molecule has 1 saturated carbocycles. The highest BCUT2D eigenvalue weighted by Crippen LogP contribution is 2.58. The van der Waals surface area contributed by atoms with E-state index in [4.69, 9.17) is 0 Å². The van der Waals surface area contributed by atoms with Gasteiger partial charge in [-0.05, 0) is 84.4 Å². The summed E-state index contributed by atoms with van der Waals surface area (Å²) in [4.78, 5) is 11.8. The first-order chi connectivity index (χ1) is 18.5. The highest BCUT2D eigenvalue weighted by atomic mass is 16.4. The van der Waals surface area contributed by atoms with E-state index < -0.39 is 11.6 Å². The number of benzene rings is 3. The lowest BCUT2D eigenvalue weighted by atomic mass is 9.49. The molecule has 6 rings (SSSR count). The van der Waals surface area contributed by atoms with E-state index in [-0.39, 0.29) is 17.3 Å². The molecule has 0 heterocycles. The van der Waals surface area contributed by atoms with Gasteiger partial charge < -0.3 is 10.2 Å². The first-order valence-electron chi connectivity index (χ1n) is 13.7. The highest BCUT2D eigenvalue weighted by molar-refractivity contribution is 5.88. The third kappa shape index (κ3) is 4.35. The Bertz CT molecular complexity index is 1420. The standard InChI is InChI=1S/C35H34O3/c36-33(37)28-17-19-32-27(21-28)16-18-30-24-35(38,29-14-8-3-9-15-29)31(20-25-10-4-1-5-11-25)23-34(30,32)22-26-12-6-2-7-13-26/h1-14,17,19-21,29-30,38H,15-16,18,22-24H2,(H,36,37)/b31-20+/t29?,30-,34-,35-/m1/s1. The van der Waals surface area contributed by atoms with Crippen LogP contribution in [0.4, 0.5) is 0 Å². The minimum Gasteiger partial charge on any atom is -0.478 e. The van der Waals surface area contributed by atoms with E-state index in [1.165, 1.54) is 11.1 Å². The van der Waals surface area contributed by atoms with Crippen LogP contribution in [0.3, 0.4) is 0 Å². The molecule has 0 spiro atoms. The second-order valence-corrected chi connectivity index (χ2v) is 11.3. The number of aromatic carboxylic acids is 1. The molecule has 3 aromatic rings. The van der Waals surface area contributed by atoms with Crippen molar-refractivity contribution in [2.45, 2.75) is 49.5 Å². The molecule has 3 heteroatoms. The fourth-order valence-corrected chi connectivity index (χ4v) is 7.29. The molecule has 38 heavy (non-hydrogen) atoms.